The molecule has 0 aliphatic rings. The molecule has 0 unspecified atom stereocenters. The van der Waals surface area contributed by atoms with E-state index < -0.39 is 0 Å². The van der Waals surface area contributed by atoms with E-state index >= 15 is 0 Å². The Kier molecular flexibility index (Phi) is 1.58. The first-order chi connectivity index (χ1) is 7.34. The van der Waals surface area contributed by atoms with Crippen LogP contribution >= 0.6 is 0 Å². The molecule has 0 amide bonds. The van der Waals surface area contributed by atoms with Crippen LogP contribution in [0.4, 0.5) is 0 Å². The van der Waals surface area contributed by atoms with Gasteiger partial charge in [-0.2, -0.15) is 5.10 Å². The highest BCUT2D eigenvalue weighted by molar-refractivity contribution is 5.92. The van der Waals surface area contributed by atoms with Crippen molar-refractivity contribution in [2.75, 3.05) is 0 Å². The van der Waals surface area contributed by atoms with Crippen molar-refractivity contribution < 1.29 is 0 Å². The molecule has 5 heteroatoms. The predicted octanol–water partition coefficient (Wildman–Crippen LogP) is 1.36. The number of hydrogen-bond donors (Lipinski definition) is 1. The van der Waals surface area contributed by atoms with Crippen LogP contribution in [0.5, 0.6) is 0 Å². The molecule has 3 rings (SSSR count). The Hall–Kier alpha value is -2.17. The Morgan fingerprint density at radius 2 is 2.27 bits per heavy atom. The SMILES string of the molecule is Cn1cc(-c2c[nH]c3ncncc23)cn1. The molecule has 3 aromatic rings. The van der Waals surface area contributed by atoms with Crippen LogP contribution in [-0.2, 0) is 7.05 Å². The lowest BCUT2D eigenvalue weighted by molar-refractivity contribution is 0.768. The first kappa shape index (κ1) is 8.16. The highest BCUT2D eigenvalue weighted by Crippen LogP contribution is 2.25. The number of aryl methyl sites for hydroxylation is 1. The standard InChI is InChI=1S/C10H9N5/c1-15-5-7(2-14-15)8-4-12-10-9(8)3-11-6-13-10/h2-6H,1H3,(H,11,12,13). The molecule has 0 saturated carbocycles. The molecular weight excluding hydrogens is 190 g/mol. The van der Waals surface area contributed by atoms with E-state index in [9.17, 15) is 0 Å². The largest absolute Gasteiger partial charge is 0.345 e. The van der Waals surface area contributed by atoms with Gasteiger partial charge in [0.2, 0.25) is 0 Å². The molecule has 15 heavy (non-hydrogen) atoms. The Morgan fingerprint density at radius 3 is 3.07 bits per heavy atom. The van der Waals surface area contributed by atoms with Crippen molar-refractivity contribution >= 4 is 11.0 Å². The highest BCUT2D eigenvalue weighted by Gasteiger charge is 2.07. The first-order valence-corrected chi connectivity index (χ1v) is 4.61. The molecule has 0 saturated heterocycles. The van der Waals surface area contributed by atoms with E-state index in [1.165, 1.54) is 6.33 Å². The van der Waals surface area contributed by atoms with Gasteiger partial charge >= 0.3 is 0 Å². The third-order valence-corrected chi connectivity index (χ3v) is 2.37. The van der Waals surface area contributed by atoms with Gasteiger partial charge in [-0.3, -0.25) is 4.68 Å². The van der Waals surface area contributed by atoms with E-state index in [0.29, 0.717) is 0 Å². The summed E-state index contributed by atoms with van der Waals surface area (Å²) in [5, 5.41) is 5.16. The summed E-state index contributed by atoms with van der Waals surface area (Å²) in [4.78, 5) is 11.3. The number of aromatic nitrogens is 5. The van der Waals surface area contributed by atoms with Crippen molar-refractivity contribution in [3.05, 3.63) is 31.1 Å². The lowest BCUT2D eigenvalue weighted by Crippen LogP contribution is -1.84. The normalized spacial score (nSPS) is 11.0. The summed E-state index contributed by atoms with van der Waals surface area (Å²) >= 11 is 0. The second kappa shape index (κ2) is 2.91. The Morgan fingerprint density at radius 1 is 1.33 bits per heavy atom. The molecule has 0 fully saturated rings. The zero-order valence-electron chi connectivity index (χ0n) is 8.18. The molecule has 1 N–H and O–H groups in total. The van der Waals surface area contributed by atoms with Crippen LogP contribution in [0.15, 0.2) is 31.1 Å². The zero-order chi connectivity index (χ0) is 10.3. The van der Waals surface area contributed by atoms with Crippen LogP contribution in [0.1, 0.15) is 0 Å². The maximum Gasteiger partial charge on any atom is 0.141 e. The maximum atomic E-state index is 4.14. The fourth-order valence-corrected chi connectivity index (χ4v) is 1.66. The van der Waals surface area contributed by atoms with Gasteiger partial charge in [0.25, 0.3) is 0 Å². The minimum Gasteiger partial charge on any atom is -0.345 e. The molecule has 0 radical (unpaired) electrons. The van der Waals surface area contributed by atoms with E-state index in [-0.39, 0.29) is 0 Å². The van der Waals surface area contributed by atoms with Gasteiger partial charge in [0, 0.05) is 42.2 Å². The maximum absolute atomic E-state index is 4.14. The third kappa shape index (κ3) is 1.20. The van der Waals surface area contributed by atoms with E-state index in [0.717, 1.165) is 22.2 Å². The summed E-state index contributed by atoms with van der Waals surface area (Å²) in [6, 6.07) is 0. The zero-order valence-corrected chi connectivity index (χ0v) is 8.18. The number of hydrogen-bond acceptors (Lipinski definition) is 3. The lowest BCUT2D eigenvalue weighted by atomic mass is 10.1. The Balaban J connectivity index is 2.27. The Labute approximate surface area is 85.8 Å². The van der Waals surface area contributed by atoms with E-state index in [1.54, 1.807) is 10.9 Å². The highest BCUT2D eigenvalue weighted by atomic mass is 15.2. The van der Waals surface area contributed by atoms with Crippen LogP contribution in [0, 0.1) is 0 Å². The summed E-state index contributed by atoms with van der Waals surface area (Å²) < 4.78 is 1.78. The van der Waals surface area contributed by atoms with Crippen LogP contribution in [0.25, 0.3) is 22.2 Å². The number of H-pyrrole nitrogens is 1. The molecule has 0 aliphatic carbocycles. The molecule has 0 spiro atoms. The van der Waals surface area contributed by atoms with Gasteiger partial charge < -0.3 is 4.98 Å². The second-order valence-electron chi connectivity index (χ2n) is 3.39. The van der Waals surface area contributed by atoms with Crippen molar-refractivity contribution in [3.8, 4) is 11.1 Å². The second-order valence-corrected chi connectivity index (χ2v) is 3.39. The summed E-state index contributed by atoms with van der Waals surface area (Å²) in [6.07, 6.45) is 9.06. The average molecular weight is 199 g/mol. The monoisotopic (exact) mass is 199 g/mol. The lowest BCUT2D eigenvalue weighted by Gasteiger charge is -1.92. The number of fused-ring (bicyclic) bond motifs is 1. The van der Waals surface area contributed by atoms with Gasteiger partial charge in [-0.1, -0.05) is 0 Å². The number of aromatic amines is 1. The van der Waals surface area contributed by atoms with Crippen LogP contribution in [0.2, 0.25) is 0 Å². The van der Waals surface area contributed by atoms with Crippen LogP contribution < -0.4 is 0 Å². The van der Waals surface area contributed by atoms with E-state index in [1.807, 2.05) is 25.6 Å². The van der Waals surface area contributed by atoms with Gasteiger partial charge in [0.1, 0.15) is 12.0 Å². The smallest absolute Gasteiger partial charge is 0.141 e. The van der Waals surface area contributed by atoms with Crippen molar-refractivity contribution in [1.29, 1.82) is 0 Å². The third-order valence-electron chi connectivity index (χ3n) is 2.37. The summed E-state index contributed by atoms with van der Waals surface area (Å²) in [5.74, 6) is 0. The fourth-order valence-electron chi connectivity index (χ4n) is 1.66. The minimum atomic E-state index is 0.851. The van der Waals surface area contributed by atoms with Crippen molar-refractivity contribution in [1.82, 2.24) is 24.7 Å². The van der Waals surface area contributed by atoms with Gasteiger partial charge in [-0.15, -0.1) is 0 Å². The predicted molar refractivity (Wildman–Crippen MR) is 56.1 cm³/mol. The van der Waals surface area contributed by atoms with Crippen molar-refractivity contribution in [2.24, 2.45) is 7.05 Å². The quantitative estimate of drug-likeness (QED) is 0.643. The number of nitrogens with zero attached hydrogens (tertiary/aromatic N) is 4. The van der Waals surface area contributed by atoms with Crippen LogP contribution in [0.3, 0.4) is 0 Å². The summed E-state index contributed by atoms with van der Waals surface area (Å²) in [7, 11) is 1.90. The molecule has 0 aliphatic heterocycles. The Bertz CT molecular complexity index is 607. The average Bonchev–Trinajstić information content (AvgIpc) is 2.83. The molecule has 0 atom stereocenters. The van der Waals surface area contributed by atoms with Crippen LogP contribution in [-0.4, -0.2) is 24.7 Å². The fraction of sp³-hybridized carbons (Fsp3) is 0.100. The topological polar surface area (TPSA) is 59.4 Å². The molecule has 74 valence electrons. The van der Waals surface area contributed by atoms with Crippen molar-refractivity contribution in [2.45, 2.75) is 0 Å². The molecule has 0 bridgehead atoms. The molecule has 3 aromatic heterocycles. The van der Waals surface area contributed by atoms with Gasteiger partial charge in [0.05, 0.1) is 6.20 Å². The van der Waals surface area contributed by atoms with E-state index in [2.05, 4.69) is 20.1 Å². The molecule has 0 aromatic carbocycles. The minimum absolute atomic E-state index is 0.851. The summed E-state index contributed by atoms with van der Waals surface area (Å²) in [5.41, 5.74) is 3.00. The number of nitrogens with one attached hydrogen (secondary N) is 1. The first-order valence-electron chi connectivity index (χ1n) is 4.61. The molecule has 3 heterocycles. The van der Waals surface area contributed by atoms with E-state index in [4.69, 9.17) is 0 Å². The molecule has 5 nitrogen and oxygen atoms in total. The van der Waals surface area contributed by atoms with Gasteiger partial charge in [-0.05, 0) is 0 Å². The summed E-state index contributed by atoms with van der Waals surface area (Å²) in [6.45, 7) is 0. The van der Waals surface area contributed by atoms with Gasteiger partial charge in [0.15, 0.2) is 0 Å². The van der Waals surface area contributed by atoms with Gasteiger partial charge in [-0.25, -0.2) is 9.97 Å². The molecular formula is C10H9N5. The van der Waals surface area contributed by atoms with Crippen molar-refractivity contribution in [3.63, 3.8) is 0 Å². The number of rotatable bonds is 1.